The molecule has 0 spiro atoms. The quantitative estimate of drug-likeness (QED) is 0.731. The molecule has 0 bridgehead atoms. The topological polar surface area (TPSA) is 62.3 Å². The van der Waals surface area contributed by atoms with Gasteiger partial charge in [-0.3, -0.25) is 14.9 Å². The molecule has 1 aliphatic rings. The summed E-state index contributed by atoms with van der Waals surface area (Å²) in [6, 6.07) is 9.72. The first kappa shape index (κ1) is 17.7. The molecule has 0 fully saturated rings. The third kappa shape index (κ3) is 3.21. The summed E-state index contributed by atoms with van der Waals surface area (Å²) in [5.41, 5.74) is 5.78. The number of nitrogens with zero attached hydrogens (tertiary/aromatic N) is 2. The van der Waals surface area contributed by atoms with Gasteiger partial charge < -0.3 is 4.90 Å². The van der Waals surface area contributed by atoms with Crippen LogP contribution in [0.15, 0.2) is 30.3 Å². The van der Waals surface area contributed by atoms with E-state index >= 15 is 0 Å². The molecule has 138 valence electrons. The highest BCUT2D eigenvalue weighted by Crippen LogP contribution is 2.31. The summed E-state index contributed by atoms with van der Waals surface area (Å²) in [5, 5.41) is 3.52. The lowest BCUT2D eigenvalue weighted by molar-refractivity contribution is -0.118. The van der Waals surface area contributed by atoms with Crippen LogP contribution in [0.5, 0.6) is 0 Å². The van der Waals surface area contributed by atoms with Crippen molar-refractivity contribution >= 4 is 44.2 Å². The van der Waals surface area contributed by atoms with Gasteiger partial charge in [0.15, 0.2) is 5.13 Å². The third-order valence-electron chi connectivity index (χ3n) is 4.89. The number of benzene rings is 2. The van der Waals surface area contributed by atoms with Crippen molar-refractivity contribution < 1.29 is 9.59 Å². The van der Waals surface area contributed by atoms with Gasteiger partial charge in [0.2, 0.25) is 5.91 Å². The summed E-state index contributed by atoms with van der Waals surface area (Å²) in [5.74, 6) is -0.0578. The van der Waals surface area contributed by atoms with Gasteiger partial charge >= 0.3 is 0 Å². The zero-order valence-electron chi connectivity index (χ0n) is 15.6. The van der Waals surface area contributed by atoms with Gasteiger partial charge in [0.1, 0.15) is 0 Å². The van der Waals surface area contributed by atoms with Crippen molar-refractivity contribution in [1.82, 2.24) is 4.98 Å². The van der Waals surface area contributed by atoms with Crippen LogP contribution in [0.3, 0.4) is 0 Å². The number of fused-ring (bicyclic) bond motifs is 2. The van der Waals surface area contributed by atoms with Crippen molar-refractivity contribution in [1.29, 1.82) is 0 Å². The first-order chi connectivity index (χ1) is 13.0. The zero-order chi connectivity index (χ0) is 19.1. The number of hydrogen-bond donors (Lipinski definition) is 1. The summed E-state index contributed by atoms with van der Waals surface area (Å²) >= 11 is 1.49. The van der Waals surface area contributed by atoms with Gasteiger partial charge in [0.05, 0.1) is 10.2 Å². The van der Waals surface area contributed by atoms with E-state index < -0.39 is 0 Å². The number of aryl methyl sites for hydroxylation is 2. The molecule has 1 aliphatic heterocycles. The van der Waals surface area contributed by atoms with Crippen molar-refractivity contribution in [3.63, 3.8) is 0 Å². The number of rotatable bonds is 3. The first-order valence-corrected chi connectivity index (χ1v) is 9.90. The Morgan fingerprint density at radius 1 is 1.22 bits per heavy atom. The molecule has 0 aliphatic carbocycles. The lowest BCUT2D eigenvalue weighted by Gasteiger charge is -2.16. The van der Waals surface area contributed by atoms with E-state index in [2.05, 4.69) is 29.4 Å². The lowest BCUT2D eigenvalue weighted by Crippen LogP contribution is -2.27. The number of hydrogen-bond acceptors (Lipinski definition) is 4. The molecule has 6 heteroatoms. The van der Waals surface area contributed by atoms with E-state index in [0.29, 0.717) is 23.7 Å². The molecule has 0 unspecified atom stereocenters. The predicted molar refractivity (Wildman–Crippen MR) is 110 cm³/mol. The molecule has 0 saturated heterocycles. The van der Waals surface area contributed by atoms with Crippen molar-refractivity contribution in [3.05, 3.63) is 52.6 Å². The van der Waals surface area contributed by atoms with Gasteiger partial charge in [0.25, 0.3) is 5.91 Å². The van der Waals surface area contributed by atoms with E-state index in [9.17, 15) is 9.59 Å². The number of carbonyl (C=O) groups is 2. The van der Waals surface area contributed by atoms with Gasteiger partial charge in [-0.2, -0.15) is 0 Å². The Labute approximate surface area is 162 Å². The summed E-state index contributed by atoms with van der Waals surface area (Å²) in [7, 11) is 0. The molecule has 0 radical (unpaired) electrons. The molecule has 0 atom stereocenters. The first-order valence-electron chi connectivity index (χ1n) is 9.08. The van der Waals surface area contributed by atoms with Crippen LogP contribution in [0, 0.1) is 13.8 Å². The molecule has 1 N–H and O–H groups in total. The van der Waals surface area contributed by atoms with E-state index in [1.807, 2.05) is 26.0 Å². The largest absolute Gasteiger partial charge is 0.312 e. The normalized spacial score (nSPS) is 13.1. The molecular formula is C21H21N3O2S. The molecule has 27 heavy (non-hydrogen) atoms. The molecule has 5 nitrogen and oxygen atoms in total. The van der Waals surface area contributed by atoms with E-state index in [4.69, 9.17) is 0 Å². The molecule has 1 aromatic heterocycles. The van der Waals surface area contributed by atoms with E-state index in [0.717, 1.165) is 33.5 Å². The van der Waals surface area contributed by atoms with Crippen molar-refractivity contribution in [2.45, 2.75) is 33.6 Å². The standard InChI is InChI=1S/C21H21N3O2S/c1-4-18(25)24-8-7-14-11-15(5-6-16(14)24)20(26)23-21-22-19-13(3)9-12(2)10-17(19)27-21/h5-6,9-11H,4,7-8H2,1-3H3,(H,22,23,26). The van der Waals surface area contributed by atoms with E-state index in [1.54, 1.807) is 11.0 Å². The Bertz CT molecular complexity index is 1070. The molecule has 2 heterocycles. The maximum atomic E-state index is 12.7. The average Bonchev–Trinajstić information content (AvgIpc) is 3.24. The minimum absolute atomic E-state index is 0.117. The van der Waals surface area contributed by atoms with Crippen molar-refractivity contribution in [2.24, 2.45) is 0 Å². The SMILES string of the molecule is CCC(=O)N1CCc2cc(C(=O)Nc3nc4c(C)cc(C)cc4s3)ccc21. The second kappa shape index (κ2) is 6.78. The summed E-state index contributed by atoms with van der Waals surface area (Å²) < 4.78 is 1.07. The third-order valence-corrected chi connectivity index (χ3v) is 5.81. The van der Waals surface area contributed by atoms with Crippen molar-refractivity contribution in [3.8, 4) is 0 Å². The summed E-state index contributed by atoms with van der Waals surface area (Å²) in [6.07, 6.45) is 1.26. The Hall–Kier alpha value is -2.73. The Kier molecular flexibility index (Phi) is 4.44. The summed E-state index contributed by atoms with van der Waals surface area (Å²) in [4.78, 5) is 31.1. The van der Waals surface area contributed by atoms with Crippen molar-refractivity contribution in [2.75, 3.05) is 16.8 Å². The van der Waals surface area contributed by atoms with Gasteiger partial charge in [-0.1, -0.05) is 24.3 Å². The smallest absolute Gasteiger partial charge is 0.257 e. The van der Waals surface area contributed by atoms with Crippen LogP contribution < -0.4 is 10.2 Å². The average molecular weight is 379 g/mol. The maximum Gasteiger partial charge on any atom is 0.257 e. The molecule has 0 saturated carbocycles. The highest BCUT2D eigenvalue weighted by atomic mass is 32.1. The van der Waals surface area contributed by atoms with Crippen LogP contribution in [0.2, 0.25) is 0 Å². The van der Waals surface area contributed by atoms with E-state index in [-0.39, 0.29) is 11.8 Å². The predicted octanol–water partition coefficient (Wildman–Crippen LogP) is 4.46. The lowest BCUT2D eigenvalue weighted by atomic mass is 10.1. The molecule has 4 rings (SSSR count). The van der Waals surface area contributed by atoms with Crippen LogP contribution in [0.25, 0.3) is 10.2 Å². The molecule has 2 aromatic carbocycles. The highest BCUT2D eigenvalue weighted by Gasteiger charge is 2.24. The van der Waals surface area contributed by atoms with E-state index in [1.165, 1.54) is 16.9 Å². The number of carbonyl (C=O) groups excluding carboxylic acids is 2. The fourth-order valence-corrected chi connectivity index (χ4v) is 4.62. The number of anilines is 2. The van der Waals surface area contributed by atoms with Crippen LogP contribution in [0.4, 0.5) is 10.8 Å². The fourth-order valence-electron chi connectivity index (χ4n) is 3.59. The van der Waals surface area contributed by atoms with Gasteiger partial charge in [-0.05, 0) is 61.2 Å². The van der Waals surface area contributed by atoms with Gasteiger partial charge in [-0.25, -0.2) is 4.98 Å². The molecule has 2 amide bonds. The maximum absolute atomic E-state index is 12.7. The Morgan fingerprint density at radius 2 is 2.04 bits per heavy atom. The molecule has 3 aromatic rings. The monoisotopic (exact) mass is 379 g/mol. The van der Waals surface area contributed by atoms with Crippen LogP contribution in [0.1, 0.15) is 40.4 Å². The minimum atomic E-state index is -0.175. The molecular weight excluding hydrogens is 358 g/mol. The zero-order valence-corrected chi connectivity index (χ0v) is 16.4. The van der Waals surface area contributed by atoms with Gasteiger partial charge in [0, 0.05) is 24.2 Å². The highest BCUT2D eigenvalue weighted by molar-refractivity contribution is 7.22. The van der Waals surface area contributed by atoms with Crippen LogP contribution in [-0.4, -0.2) is 23.3 Å². The van der Waals surface area contributed by atoms with Crippen LogP contribution >= 0.6 is 11.3 Å². The number of amides is 2. The Balaban J connectivity index is 1.57. The second-order valence-corrected chi connectivity index (χ2v) is 7.92. The number of nitrogens with one attached hydrogen (secondary N) is 1. The number of aromatic nitrogens is 1. The van der Waals surface area contributed by atoms with Crippen LogP contribution in [-0.2, 0) is 11.2 Å². The van der Waals surface area contributed by atoms with Gasteiger partial charge in [-0.15, -0.1) is 0 Å². The Morgan fingerprint density at radius 3 is 2.81 bits per heavy atom. The number of thiazole rings is 1. The minimum Gasteiger partial charge on any atom is -0.312 e. The fraction of sp³-hybridized carbons (Fsp3) is 0.286. The second-order valence-electron chi connectivity index (χ2n) is 6.89. The summed E-state index contributed by atoms with van der Waals surface area (Å²) in [6.45, 7) is 6.64.